The van der Waals surface area contributed by atoms with E-state index in [9.17, 15) is 9.59 Å². The van der Waals surface area contributed by atoms with E-state index < -0.39 is 5.41 Å². The number of fused-ring (bicyclic) bond motifs is 1. The van der Waals surface area contributed by atoms with Gasteiger partial charge in [0.05, 0.1) is 20.8 Å². The molecule has 1 aliphatic heterocycles. The molecule has 10 heteroatoms. The van der Waals surface area contributed by atoms with E-state index >= 15 is 0 Å². The fraction of sp³-hybridized carbons (Fsp3) is 0.286. The second-order valence-electron chi connectivity index (χ2n) is 10.9. The molecule has 7 nitrogen and oxygen atoms in total. The Balaban J connectivity index is 0.00000461. The molecule has 0 saturated carbocycles. The number of anilines is 1. The van der Waals surface area contributed by atoms with E-state index in [4.69, 9.17) is 32.7 Å². The fourth-order valence-electron chi connectivity index (χ4n) is 5.86. The van der Waals surface area contributed by atoms with Gasteiger partial charge in [0.2, 0.25) is 5.91 Å². The first-order chi connectivity index (χ1) is 21.2. The number of ether oxygens (including phenoxy) is 2. The zero-order valence-electron chi connectivity index (χ0n) is 25.7. The molecule has 4 aromatic rings. The Labute approximate surface area is 280 Å². The van der Waals surface area contributed by atoms with Crippen LogP contribution in [0.15, 0.2) is 79.1 Å². The Morgan fingerprint density at radius 1 is 0.956 bits per heavy atom. The van der Waals surface area contributed by atoms with Crippen LogP contribution in [0.3, 0.4) is 0 Å². The number of carbonyl (C=O) groups is 2. The normalized spacial score (nSPS) is 15.3. The first kappa shape index (κ1) is 34.1. The highest BCUT2D eigenvalue weighted by atomic mass is 35.5. The van der Waals surface area contributed by atoms with Gasteiger partial charge in [-0.2, -0.15) is 0 Å². The Morgan fingerprint density at radius 3 is 2.40 bits per heavy atom. The van der Waals surface area contributed by atoms with Crippen LogP contribution in [0.4, 0.5) is 5.69 Å². The number of benzene rings is 3. The minimum Gasteiger partial charge on any atom is -0.497 e. The van der Waals surface area contributed by atoms with Crippen LogP contribution < -0.4 is 14.4 Å². The van der Waals surface area contributed by atoms with Gasteiger partial charge in [0.1, 0.15) is 16.9 Å². The number of aryl methyl sites for hydroxylation is 1. The molecular weight excluding hydrogens is 633 g/mol. The van der Waals surface area contributed by atoms with E-state index in [2.05, 4.69) is 4.98 Å². The minimum atomic E-state index is -1.19. The number of hydrogen-bond donors (Lipinski definition) is 0. The van der Waals surface area contributed by atoms with Gasteiger partial charge in [-0.15, -0.1) is 12.4 Å². The quantitative estimate of drug-likeness (QED) is 0.163. The van der Waals surface area contributed by atoms with Gasteiger partial charge < -0.3 is 19.3 Å². The number of nitrogens with zero attached hydrogens (tertiary/aromatic N) is 3. The highest BCUT2D eigenvalue weighted by Crippen LogP contribution is 2.49. The third kappa shape index (κ3) is 6.76. The summed E-state index contributed by atoms with van der Waals surface area (Å²) in [5.74, 6) is 0.974. The molecule has 1 aromatic heterocycles. The third-order valence-electron chi connectivity index (χ3n) is 8.35. The second kappa shape index (κ2) is 14.5. The highest BCUT2D eigenvalue weighted by Gasteiger charge is 2.50. The molecule has 0 spiro atoms. The van der Waals surface area contributed by atoms with Crippen molar-refractivity contribution in [2.45, 2.75) is 38.6 Å². The summed E-state index contributed by atoms with van der Waals surface area (Å²) < 4.78 is 11.0. The van der Waals surface area contributed by atoms with Crippen LogP contribution in [0.25, 0.3) is 0 Å². The van der Waals surface area contributed by atoms with Crippen molar-refractivity contribution in [3.05, 3.63) is 117 Å². The molecule has 2 heterocycles. The van der Waals surface area contributed by atoms with Crippen LogP contribution in [0.2, 0.25) is 10.0 Å². The van der Waals surface area contributed by atoms with Gasteiger partial charge in [0, 0.05) is 58.4 Å². The average molecular weight is 669 g/mol. The third-order valence-corrected chi connectivity index (χ3v) is 8.91. The highest BCUT2D eigenvalue weighted by molar-refractivity contribution is 6.33. The van der Waals surface area contributed by atoms with Crippen LogP contribution >= 0.6 is 35.6 Å². The lowest BCUT2D eigenvalue weighted by molar-refractivity contribution is -0.121. The lowest BCUT2D eigenvalue weighted by atomic mass is 9.76. The predicted molar refractivity (Wildman–Crippen MR) is 181 cm³/mol. The molecular formula is C35H36Cl3N3O4. The first-order valence-electron chi connectivity index (χ1n) is 14.5. The summed E-state index contributed by atoms with van der Waals surface area (Å²) in [6, 6.07) is 20.1. The molecule has 0 fully saturated rings. The molecule has 1 atom stereocenters. The smallest absolute Gasteiger partial charge is 0.253 e. The molecule has 1 unspecified atom stereocenters. The topological polar surface area (TPSA) is 72.0 Å². The molecule has 0 N–H and O–H groups in total. The van der Waals surface area contributed by atoms with Gasteiger partial charge in [-0.1, -0.05) is 23.2 Å². The Kier molecular flexibility index (Phi) is 11.0. The molecule has 5 rings (SSSR count). The summed E-state index contributed by atoms with van der Waals surface area (Å²) in [5.41, 5.74) is 3.27. The number of amides is 2. The Bertz CT molecular complexity index is 1680. The summed E-state index contributed by atoms with van der Waals surface area (Å²) in [7, 11) is 3.18. The summed E-state index contributed by atoms with van der Waals surface area (Å²) in [5, 5.41) is 0.898. The lowest BCUT2D eigenvalue weighted by Gasteiger charge is -2.28. The Morgan fingerprint density at radius 2 is 1.71 bits per heavy atom. The molecule has 1 aliphatic rings. The van der Waals surface area contributed by atoms with Gasteiger partial charge >= 0.3 is 0 Å². The van der Waals surface area contributed by atoms with Gasteiger partial charge in [0.15, 0.2) is 0 Å². The monoisotopic (exact) mass is 667 g/mol. The van der Waals surface area contributed by atoms with E-state index in [1.165, 1.54) is 5.56 Å². The summed E-state index contributed by atoms with van der Waals surface area (Å²) in [4.78, 5) is 35.8. The summed E-state index contributed by atoms with van der Waals surface area (Å²) in [6.45, 7) is 5.22. The molecule has 0 aliphatic carbocycles. The number of rotatable bonds is 11. The molecule has 0 radical (unpaired) electrons. The van der Waals surface area contributed by atoms with Crippen molar-refractivity contribution >= 4 is 53.1 Å². The lowest BCUT2D eigenvalue weighted by Crippen LogP contribution is -2.39. The number of halogens is 3. The number of carbonyl (C=O) groups excluding carboxylic acids is 2. The van der Waals surface area contributed by atoms with Crippen LogP contribution in [0.5, 0.6) is 11.5 Å². The van der Waals surface area contributed by atoms with E-state index in [-0.39, 0.29) is 30.8 Å². The van der Waals surface area contributed by atoms with Gasteiger partial charge in [-0.05, 0) is 104 Å². The molecule has 3 aromatic carbocycles. The summed E-state index contributed by atoms with van der Waals surface area (Å²) >= 11 is 13.3. The van der Waals surface area contributed by atoms with Crippen molar-refractivity contribution in [2.75, 3.05) is 32.2 Å². The van der Waals surface area contributed by atoms with E-state index in [1.807, 2.05) is 55.1 Å². The van der Waals surface area contributed by atoms with Crippen molar-refractivity contribution in [3.63, 3.8) is 0 Å². The van der Waals surface area contributed by atoms with Crippen LogP contribution in [-0.4, -0.2) is 49.0 Å². The average Bonchev–Trinajstić information content (AvgIpc) is 3.25. The molecule has 2 amide bonds. The van der Waals surface area contributed by atoms with Crippen LogP contribution in [0, 0.1) is 0 Å². The standard InChI is InChI=1S/C35H35Cl2N3O4.ClH/c1-5-39(18-6-7-23-14-16-38-17-15-23)33(41)24-9-12-30(37)28(19-24)35(2)29-20-26(36)10-13-31(29)40(34(35)42)22-25-8-11-27(43-3)21-32(25)44-4;/h8-17,19-21H,5-7,18,22H2,1-4H3;1H. The fourth-order valence-corrected chi connectivity index (χ4v) is 6.34. The molecule has 0 bridgehead atoms. The number of hydrogen-bond acceptors (Lipinski definition) is 5. The zero-order chi connectivity index (χ0) is 31.4. The van der Waals surface area contributed by atoms with Gasteiger partial charge in [0.25, 0.3) is 5.91 Å². The number of methoxy groups -OCH3 is 2. The van der Waals surface area contributed by atoms with Crippen LogP contribution in [0.1, 0.15) is 52.9 Å². The number of aromatic nitrogens is 1. The van der Waals surface area contributed by atoms with E-state index in [0.717, 1.165) is 29.7 Å². The van der Waals surface area contributed by atoms with Crippen molar-refractivity contribution in [1.82, 2.24) is 9.88 Å². The molecule has 45 heavy (non-hydrogen) atoms. The van der Waals surface area contributed by atoms with Crippen LogP contribution in [-0.2, 0) is 23.2 Å². The molecule has 236 valence electrons. The van der Waals surface area contributed by atoms with E-state index in [1.54, 1.807) is 61.8 Å². The van der Waals surface area contributed by atoms with Crippen molar-refractivity contribution in [1.29, 1.82) is 0 Å². The minimum absolute atomic E-state index is 0. The number of pyridine rings is 1. The summed E-state index contributed by atoms with van der Waals surface area (Å²) in [6.07, 6.45) is 5.21. The zero-order valence-corrected chi connectivity index (χ0v) is 28.0. The second-order valence-corrected chi connectivity index (χ2v) is 11.7. The van der Waals surface area contributed by atoms with Crippen molar-refractivity contribution in [3.8, 4) is 11.5 Å². The Hall–Kier alpha value is -3.78. The van der Waals surface area contributed by atoms with Crippen molar-refractivity contribution in [2.24, 2.45) is 0 Å². The van der Waals surface area contributed by atoms with Gasteiger partial charge in [-0.25, -0.2) is 0 Å². The van der Waals surface area contributed by atoms with E-state index in [0.29, 0.717) is 45.8 Å². The maximum Gasteiger partial charge on any atom is 0.253 e. The molecule has 0 saturated heterocycles. The van der Waals surface area contributed by atoms with Crippen molar-refractivity contribution < 1.29 is 19.1 Å². The SMILES string of the molecule is CCN(CCCc1ccncc1)C(=O)c1ccc(Cl)c(C2(C)C(=O)N(Cc3ccc(OC)cc3OC)c3ccc(Cl)cc32)c1.Cl. The predicted octanol–water partition coefficient (Wildman–Crippen LogP) is 7.78. The van der Waals surface area contributed by atoms with Gasteiger partial charge in [-0.3, -0.25) is 14.6 Å². The first-order valence-corrected chi connectivity index (χ1v) is 15.3. The maximum absolute atomic E-state index is 14.5. The largest absolute Gasteiger partial charge is 0.497 e. The maximum atomic E-state index is 14.5.